The van der Waals surface area contributed by atoms with Gasteiger partial charge in [0.2, 0.25) is 0 Å². The number of nitro benzene ring substituents is 1. The van der Waals surface area contributed by atoms with E-state index in [1.807, 2.05) is 32.0 Å². The number of nitriles is 1. The lowest BCUT2D eigenvalue weighted by molar-refractivity contribution is -0.384. The molecule has 0 saturated heterocycles. The van der Waals surface area contributed by atoms with E-state index in [9.17, 15) is 20.2 Å². The molecule has 35 heavy (non-hydrogen) atoms. The first-order valence-electron chi connectivity index (χ1n) is 10.6. The van der Waals surface area contributed by atoms with Crippen LogP contribution in [0.4, 0.5) is 11.4 Å². The van der Waals surface area contributed by atoms with E-state index in [-0.39, 0.29) is 17.9 Å². The number of aryl methyl sites for hydroxylation is 1. The Morgan fingerprint density at radius 2 is 1.94 bits per heavy atom. The summed E-state index contributed by atoms with van der Waals surface area (Å²) in [4.78, 5) is 23.2. The molecule has 0 aliphatic rings. The summed E-state index contributed by atoms with van der Waals surface area (Å²) in [5, 5.41) is 23.3. The Morgan fingerprint density at radius 1 is 1.17 bits per heavy atom. The van der Waals surface area contributed by atoms with Gasteiger partial charge in [0, 0.05) is 17.8 Å². The zero-order chi connectivity index (χ0) is 25.4. The maximum absolute atomic E-state index is 12.7. The Kier molecular flexibility index (Phi) is 8.59. The number of amides is 1. The Balaban J connectivity index is 1.86. The molecule has 3 rings (SSSR count). The lowest BCUT2D eigenvalue weighted by Gasteiger charge is -2.15. The summed E-state index contributed by atoms with van der Waals surface area (Å²) in [5.41, 5.74) is 2.58. The third kappa shape index (κ3) is 6.68. The number of ether oxygens (including phenoxy) is 2. The monoisotopic (exact) mass is 535 g/mol. The fourth-order valence-corrected chi connectivity index (χ4v) is 3.78. The Labute approximate surface area is 211 Å². The maximum atomic E-state index is 12.7. The van der Waals surface area contributed by atoms with Crippen molar-refractivity contribution in [3.63, 3.8) is 0 Å². The van der Waals surface area contributed by atoms with Gasteiger partial charge in [-0.3, -0.25) is 14.9 Å². The highest BCUT2D eigenvalue weighted by atomic mass is 79.9. The smallest absolute Gasteiger partial charge is 0.269 e. The van der Waals surface area contributed by atoms with Crippen molar-refractivity contribution in [2.24, 2.45) is 0 Å². The summed E-state index contributed by atoms with van der Waals surface area (Å²) >= 11 is 3.47. The summed E-state index contributed by atoms with van der Waals surface area (Å²) in [6, 6.07) is 18.8. The highest BCUT2D eigenvalue weighted by Gasteiger charge is 2.16. The number of nitro groups is 1. The summed E-state index contributed by atoms with van der Waals surface area (Å²) < 4.78 is 12.2. The fraction of sp³-hybridized carbons (Fsp3) is 0.154. The first kappa shape index (κ1) is 25.5. The molecule has 0 fully saturated rings. The topological polar surface area (TPSA) is 114 Å². The highest BCUT2D eigenvalue weighted by Crippen LogP contribution is 2.38. The van der Waals surface area contributed by atoms with Gasteiger partial charge >= 0.3 is 0 Å². The number of carbonyl (C=O) groups excluding carboxylic acids is 1. The van der Waals surface area contributed by atoms with E-state index < -0.39 is 10.8 Å². The number of non-ortho nitro benzene ring substituents is 1. The zero-order valence-corrected chi connectivity index (χ0v) is 20.7. The molecule has 1 amide bonds. The van der Waals surface area contributed by atoms with E-state index >= 15 is 0 Å². The molecule has 0 atom stereocenters. The van der Waals surface area contributed by atoms with Crippen molar-refractivity contribution in [2.45, 2.75) is 20.5 Å². The molecule has 0 heterocycles. The minimum Gasteiger partial charge on any atom is -0.490 e. The van der Waals surface area contributed by atoms with Crippen molar-refractivity contribution >= 4 is 39.3 Å². The Bertz CT molecular complexity index is 1330. The van der Waals surface area contributed by atoms with Crippen LogP contribution in [0.15, 0.2) is 70.7 Å². The molecule has 178 valence electrons. The fourth-order valence-electron chi connectivity index (χ4n) is 3.21. The molecule has 3 aromatic rings. The van der Waals surface area contributed by atoms with Gasteiger partial charge in [-0.25, -0.2) is 0 Å². The van der Waals surface area contributed by atoms with Crippen LogP contribution in [0.2, 0.25) is 0 Å². The predicted molar refractivity (Wildman–Crippen MR) is 136 cm³/mol. The molecule has 0 saturated carbocycles. The Hall–Kier alpha value is -4.16. The molecular formula is C26H22BrN3O5. The molecular weight excluding hydrogens is 514 g/mol. The second-order valence-corrected chi connectivity index (χ2v) is 8.27. The molecule has 8 nitrogen and oxygen atoms in total. The molecule has 0 radical (unpaired) electrons. The van der Waals surface area contributed by atoms with Crippen molar-refractivity contribution in [3.8, 4) is 17.6 Å². The number of para-hydroxylation sites is 1. The van der Waals surface area contributed by atoms with E-state index in [4.69, 9.17) is 9.47 Å². The zero-order valence-electron chi connectivity index (χ0n) is 19.1. The van der Waals surface area contributed by atoms with Gasteiger partial charge in [-0.15, -0.1) is 0 Å². The second-order valence-electron chi connectivity index (χ2n) is 7.42. The molecule has 9 heteroatoms. The Morgan fingerprint density at radius 3 is 2.63 bits per heavy atom. The van der Waals surface area contributed by atoms with Crippen LogP contribution in [-0.2, 0) is 11.4 Å². The van der Waals surface area contributed by atoms with Gasteiger partial charge in [0.1, 0.15) is 18.2 Å². The molecule has 1 N–H and O–H groups in total. The van der Waals surface area contributed by atoms with Crippen LogP contribution in [0.25, 0.3) is 6.08 Å². The second kappa shape index (κ2) is 11.8. The van der Waals surface area contributed by atoms with Crippen molar-refractivity contribution in [1.82, 2.24) is 0 Å². The third-order valence-electron chi connectivity index (χ3n) is 4.91. The first-order chi connectivity index (χ1) is 16.8. The van der Waals surface area contributed by atoms with Gasteiger partial charge < -0.3 is 14.8 Å². The minimum absolute atomic E-state index is 0.0244. The number of hydrogen-bond acceptors (Lipinski definition) is 6. The molecule has 0 spiro atoms. The van der Waals surface area contributed by atoms with Crippen molar-refractivity contribution < 1.29 is 19.2 Å². The lowest BCUT2D eigenvalue weighted by atomic mass is 10.1. The summed E-state index contributed by atoms with van der Waals surface area (Å²) in [6.45, 7) is 4.11. The number of halogens is 1. The highest BCUT2D eigenvalue weighted by molar-refractivity contribution is 9.10. The average molecular weight is 536 g/mol. The van der Waals surface area contributed by atoms with E-state index in [1.165, 1.54) is 18.2 Å². The van der Waals surface area contributed by atoms with Crippen molar-refractivity contribution in [3.05, 3.63) is 97.5 Å². The predicted octanol–water partition coefficient (Wildman–Crippen LogP) is 6.19. The summed E-state index contributed by atoms with van der Waals surface area (Å²) in [5.74, 6) is 0.274. The van der Waals surface area contributed by atoms with Crippen LogP contribution >= 0.6 is 15.9 Å². The molecule has 0 aliphatic heterocycles. The standard InChI is InChI=1S/C26H22BrN3O5/c1-3-34-24-14-19(11-20(15-28)26(31)29-23-10-5-4-7-17(23)2)13-22(27)25(24)35-16-18-8-6-9-21(12-18)30(32)33/h4-14H,3,16H2,1-2H3,(H,29,31)/b20-11+. The van der Waals surface area contributed by atoms with Crippen LogP contribution in [-0.4, -0.2) is 17.4 Å². The SMILES string of the molecule is CCOc1cc(/C=C(\C#N)C(=O)Nc2ccccc2C)cc(Br)c1OCc1cccc([N+](=O)[O-])c1. The first-order valence-corrected chi connectivity index (χ1v) is 11.4. The van der Waals surface area contributed by atoms with Crippen LogP contribution in [0.5, 0.6) is 11.5 Å². The molecule has 0 aromatic heterocycles. The quantitative estimate of drug-likeness (QED) is 0.151. The molecule has 0 bridgehead atoms. The third-order valence-corrected chi connectivity index (χ3v) is 5.49. The van der Waals surface area contributed by atoms with E-state index in [0.29, 0.717) is 39.4 Å². The molecule has 0 aliphatic carbocycles. The van der Waals surface area contributed by atoms with E-state index in [1.54, 1.807) is 36.4 Å². The van der Waals surface area contributed by atoms with Crippen LogP contribution in [0.3, 0.4) is 0 Å². The van der Waals surface area contributed by atoms with Crippen molar-refractivity contribution in [1.29, 1.82) is 5.26 Å². The lowest BCUT2D eigenvalue weighted by Crippen LogP contribution is -2.14. The van der Waals surface area contributed by atoms with Crippen molar-refractivity contribution in [2.75, 3.05) is 11.9 Å². The summed E-state index contributed by atoms with van der Waals surface area (Å²) in [6.07, 6.45) is 1.46. The summed E-state index contributed by atoms with van der Waals surface area (Å²) in [7, 11) is 0. The van der Waals surface area contributed by atoms with Gasteiger partial charge in [0.15, 0.2) is 11.5 Å². The largest absolute Gasteiger partial charge is 0.490 e. The maximum Gasteiger partial charge on any atom is 0.269 e. The number of benzene rings is 3. The minimum atomic E-state index is -0.526. The van der Waals surface area contributed by atoms with Gasteiger partial charge in [-0.1, -0.05) is 30.3 Å². The van der Waals surface area contributed by atoms with E-state index in [0.717, 1.165) is 5.56 Å². The number of hydrogen-bond donors (Lipinski definition) is 1. The van der Waals surface area contributed by atoms with Crippen LogP contribution in [0, 0.1) is 28.4 Å². The number of anilines is 1. The van der Waals surface area contributed by atoms with Gasteiger partial charge in [0.05, 0.1) is 16.0 Å². The van der Waals surface area contributed by atoms with Gasteiger partial charge in [-0.05, 0) is 70.7 Å². The van der Waals surface area contributed by atoms with E-state index in [2.05, 4.69) is 21.2 Å². The number of rotatable bonds is 9. The normalized spacial score (nSPS) is 10.9. The number of nitrogens with zero attached hydrogens (tertiary/aromatic N) is 2. The van der Waals surface area contributed by atoms with Crippen LogP contribution in [0.1, 0.15) is 23.6 Å². The molecule has 0 unspecified atom stereocenters. The van der Waals surface area contributed by atoms with Gasteiger partial charge in [0.25, 0.3) is 11.6 Å². The average Bonchev–Trinajstić information content (AvgIpc) is 2.83. The number of carbonyl (C=O) groups is 1. The molecule has 3 aromatic carbocycles. The van der Waals surface area contributed by atoms with Crippen LogP contribution < -0.4 is 14.8 Å². The van der Waals surface area contributed by atoms with Gasteiger partial charge in [-0.2, -0.15) is 5.26 Å². The number of nitrogens with one attached hydrogen (secondary N) is 1.